The molecule has 0 N–H and O–H groups in total. The zero-order chi connectivity index (χ0) is 26.1. The topological polar surface area (TPSA) is 60.1 Å². The molecule has 0 unspecified atom stereocenters. The van der Waals surface area contributed by atoms with Crippen LogP contribution in [0, 0.1) is 24.7 Å². The molecule has 4 aromatic rings. The molecule has 0 atom stereocenters. The molecule has 1 fully saturated rings. The Morgan fingerprint density at radius 3 is 2.30 bits per heavy atom. The van der Waals surface area contributed by atoms with Gasteiger partial charge in [-0.1, -0.05) is 59.7 Å². The Balaban J connectivity index is 1.63. The number of carbonyl (C=O) groups is 1. The normalized spacial score (nSPS) is 14.2. The number of thiazole rings is 1. The fraction of sp³-hybridized carbons (Fsp3) is 0.357. The molecular weight excluding hydrogens is 521 g/mol. The molecule has 0 spiro atoms. The van der Waals surface area contributed by atoms with Gasteiger partial charge in [0, 0.05) is 18.8 Å². The van der Waals surface area contributed by atoms with Crippen LogP contribution in [0.5, 0.6) is 0 Å². The second-order valence-electron chi connectivity index (χ2n) is 9.58. The van der Waals surface area contributed by atoms with E-state index in [1.165, 1.54) is 41.5 Å². The van der Waals surface area contributed by atoms with Gasteiger partial charge in [-0.25, -0.2) is 4.98 Å². The van der Waals surface area contributed by atoms with E-state index >= 15 is 0 Å². The van der Waals surface area contributed by atoms with Crippen molar-refractivity contribution in [1.29, 1.82) is 0 Å². The number of hydrogen-bond acceptors (Lipinski definition) is 6. The largest absolute Gasteiger partial charge is 0.342 e. The van der Waals surface area contributed by atoms with Crippen molar-refractivity contribution in [3.63, 3.8) is 0 Å². The zero-order valence-electron chi connectivity index (χ0n) is 21.3. The van der Waals surface area contributed by atoms with Gasteiger partial charge >= 0.3 is 0 Å². The minimum atomic E-state index is -0.169. The standard InChI is InChI=1S/C28H30N4O2S3/c1-18-8-11-21(12-9-18)32-26(34)24-25(31(28(35)37-24)22-13-10-19(2)20(3)16-22)29-27(32)36-17-23(33)30-14-6-4-5-7-15-30/h8-13,16H,4-7,14-15,17H2,1-3H3. The van der Waals surface area contributed by atoms with E-state index in [0.717, 1.165) is 48.4 Å². The Kier molecular flexibility index (Phi) is 7.65. The minimum absolute atomic E-state index is 0.0908. The number of thioether (sulfide) groups is 1. The van der Waals surface area contributed by atoms with Gasteiger partial charge in [0.15, 0.2) is 14.8 Å². The molecule has 9 heteroatoms. The number of carbonyl (C=O) groups excluding carboxylic acids is 1. The summed E-state index contributed by atoms with van der Waals surface area (Å²) in [6.07, 6.45) is 4.42. The maximum absolute atomic E-state index is 13.9. The monoisotopic (exact) mass is 550 g/mol. The second kappa shape index (κ2) is 10.9. The van der Waals surface area contributed by atoms with E-state index in [1.54, 1.807) is 4.57 Å². The predicted octanol–water partition coefficient (Wildman–Crippen LogP) is 6.39. The highest BCUT2D eigenvalue weighted by atomic mass is 32.2. The van der Waals surface area contributed by atoms with Crippen molar-refractivity contribution in [2.24, 2.45) is 0 Å². The number of benzene rings is 2. The second-order valence-corrected chi connectivity index (χ2v) is 12.2. The van der Waals surface area contributed by atoms with E-state index in [9.17, 15) is 9.59 Å². The van der Waals surface area contributed by atoms with Gasteiger partial charge in [0.2, 0.25) is 5.91 Å². The first-order chi connectivity index (χ1) is 17.8. The molecule has 1 aliphatic rings. The maximum Gasteiger partial charge on any atom is 0.278 e. The predicted molar refractivity (Wildman–Crippen MR) is 155 cm³/mol. The van der Waals surface area contributed by atoms with Crippen LogP contribution in [0.4, 0.5) is 0 Å². The summed E-state index contributed by atoms with van der Waals surface area (Å²) in [5.41, 5.74) is 5.42. The van der Waals surface area contributed by atoms with Gasteiger partial charge in [-0.05, 0) is 81.2 Å². The molecule has 2 aromatic carbocycles. The quantitative estimate of drug-likeness (QED) is 0.164. The van der Waals surface area contributed by atoms with Crippen LogP contribution < -0.4 is 5.56 Å². The summed E-state index contributed by atoms with van der Waals surface area (Å²) in [5, 5.41) is 0.495. The summed E-state index contributed by atoms with van der Waals surface area (Å²) < 4.78 is 4.58. The summed E-state index contributed by atoms with van der Waals surface area (Å²) >= 11 is 8.32. The lowest BCUT2D eigenvalue weighted by atomic mass is 10.1. The number of aromatic nitrogens is 3. The van der Waals surface area contributed by atoms with Gasteiger partial charge in [-0.15, -0.1) is 0 Å². The van der Waals surface area contributed by atoms with E-state index in [4.69, 9.17) is 17.2 Å². The first kappa shape index (κ1) is 25.9. The van der Waals surface area contributed by atoms with Gasteiger partial charge < -0.3 is 4.90 Å². The van der Waals surface area contributed by atoms with E-state index in [-0.39, 0.29) is 17.2 Å². The third-order valence-corrected chi connectivity index (χ3v) is 9.18. The maximum atomic E-state index is 13.9. The van der Waals surface area contributed by atoms with E-state index in [1.807, 2.05) is 46.7 Å². The lowest BCUT2D eigenvalue weighted by molar-refractivity contribution is -0.128. The first-order valence-corrected chi connectivity index (χ1v) is 14.8. The van der Waals surface area contributed by atoms with Gasteiger partial charge in [0.05, 0.1) is 11.4 Å². The average Bonchev–Trinajstić information content (AvgIpc) is 3.04. The molecule has 0 saturated carbocycles. The number of hydrogen-bond donors (Lipinski definition) is 0. The molecular formula is C28H30N4O2S3. The van der Waals surface area contributed by atoms with Gasteiger partial charge in [0.25, 0.3) is 5.56 Å². The Morgan fingerprint density at radius 1 is 0.946 bits per heavy atom. The molecule has 1 saturated heterocycles. The SMILES string of the molecule is Cc1ccc(-n2c(SCC(=O)N3CCCCCC3)nc3c(sc(=S)n3-c3ccc(C)c(C)c3)c2=O)cc1. The number of fused-ring (bicyclic) bond motifs is 1. The molecule has 0 aliphatic carbocycles. The number of rotatable bonds is 5. The molecule has 3 heterocycles. The Hall–Kier alpha value is -2.75. The van der Waals surface area contributed by atoms with Crippen molar-refractivity contribution in [1.82, 2.24) is 19.0 Å². The highest BCUT2D eigenvalue weighted by Gasteiger charge is 2.22. The molecule has 1 amide bonds. The molecule has 6 nitrogen and oxygen atoms in total. The van der Waals surface area contributed by atoms with Gasteiger partial charge in [-0.2, -0.15) is 0 Å². The summed E-state index contributed by atoms with van der Waals surface area (Å²) in [4.78, 5) is 33.9. The Bertz CT molecular complexity index is 1580. The van der Waals surface area contributed by atoms with Crippen LogP contribution in [0.3, 0.4) is 0 Å². The van der Waals surface area contributed by atoms with Gasteiger partial charge in [-0.3, -0.25) is 18.7 Å². The average molecular weight is 551 g/mol. The molecule has 5 rings (SSSR count). The molecule has 1 aliphatic heterocycles. The third-order valence-electron chi connectivity index (χ3n) is 6.90. The highest BCUT2D eigenvalue weighted by molar-refractivity contribution is 7.99. The van der Waals surface area contributed by atoms with Crippen LogP contribution in [-0.4, -0.2) is 43.8 Å². The van der Waals surface area contributed by atoms with Crippen molar-refractivity contribution >= 4 is 51.6 Å². The number of aryl methyl sites for hydroxylation is 3. The van der Waals surface area contributed by atoms with Crippen molar-refractivity contribution in [3.8, 4) is 11.4 Å². The van der Waals surface area contributed by atoms with Crippen LogP contribution in [0.15, 0.2) is 52.4 Å². The zero-order valence-corrected chi connectivity index (χ0v) is 23.8. The molecule has 0 radical (unpaired) electrons. The van der Waals surface area contributed by atoms with Crippen molar-refractivity contribution in [2.75, 3.05) is 18.8 Å². The van der Waals surface area contributed by atoms with Crippen LogP contribution in [0.2, 0.25) is 0 Å². The number of likely N-dealkylation sites (tertiary alicyclic amines) is 1. The van der Waals surface area contributed by atoms with Crippen molar-refractivity contribution in [3.05, 3.63) is 73.5 Å². The summed E-state index contributed by atoms with van der Waals surface area (Å²) in [5.74, 6) is 0.325. The fourth-order valence-corrected chi connectivity index (χ4v) is 6.79. The lowest BCUT2D eigenvalue weighted by Crippen LogP contribution is -2.33. The van der Waals surface area contributed by atoms with Crippen molar-refractivity contribution in [2.45, 2.75) is 51.6 Å². The molecule has 0 bridgehead atoms. The van der Waals surface area contributed by atoms with Gasteiger partial charge in [0.1, 0.15) is 4.70 Å². The van der Waals surface area contributed by atoms with E-state index < -0.39 is 0 Å². The smallest absolute Gasteiger partial charge is 0.278 e. The Labute approximate surface area is 230 Å². The lowest BCUT2D eigenvalue weighted by Gasteiger charge is -2.20. The van der Waals surface area contributed by atoms with Crippen molar-refractivity contribution < 1.29 is 4.79 Å². The van der Waals surface area contributed by atoms with Crippen LogP contribution in [-0.2, 0) is 4.79 Å². The summed E-state index contributed by atoms with van der Waals surface area (Å²) in [6.45, 7) is 7.74. The summed E-state index contributed by atoms with van der Waals surface area (Å²) in [7, 11) is 0. The third kappa shape index (κ3) is 5.30. The fourth-order valence-electron chi connectivity index (χ4n) is 4.58. The van der Waals surface area contributed by atoms with E-state index in [2.05, 4.69) is 26.0 Å². The molecule has 192 valence electrons. The molecule has 37 heavy (non-hydrogen) atoms. The minimum Gasteiger partial charge on any atom is -0.342 e. The number of nitrogens with zero attached hydrogens (tertiary/aromatic N) is 4. The first-order valence-electron chi connectivity index (χ1n) is 12.6. The highest BCUT2D eigenvalue weighted by Crippen LogP contribution is 2.28. The summed E-state index contributed by atoms with van der Waals surface area (Å²) in [6, 6.07) is 13.9. The van der Waals surface area contributed by atoms with Crippen LogP contribution in [0.25, 0.3) is 21.7 Å². The van der Waals surface area contributed by atoms with Crippen LogP contribution >= 0.6 is 35.3 Å². The van der Waals surface area contributed by atoms with Crippen LogP contribution in [0.1, 0.15) is 42.4 Å². The Morgan fingerprint density at radius 2 is 1.62 bits per heavy atom. The molecule has 2 aromatic heterocycles. The number of amides is 1. The van der Waals surface area contributed by atoms with E-state index in [0.29, 0.717) is 19.5 Å².